The molecule has 1 unspecified atom stereocenters. The van der Waals surface area contributed by atoms with Crippen LogP contribution in [0.25, 0.3) is 10.8 Å². The van der Waals surface area contributed by atoms with Crippen molar-refractivity contribution in [2.24, 2.45) is 5.92 Å². The molecule has 0 aliphatic heterocycles. The van der Waals surface area contributed by atoms with E-state index in [1.807, 2.05) is 6.92 Å². The van der Waals surface area contributed by atoms with Crippen LogP contribution in [0.5, 0.6) is 0 Å². The molecule has 28 heavy (non-hydrogen) atoms. The van der Waals surface area contributed by atoms with Crippen molar-refractivity contribution < 1.29 is 14.3 Å². The van der Waals surface area contributed by atoms with Crippen molar-refractivity contribution in [2.75, 3.05) is 6.61 Å². The van der Waals surface area contributed by atoms with Gasteiger partial charge in [0.25, 0.3) is 11.5 Å². The molecule has 1 saturated carbocycles. The van der Waals surface area contributed by atoms with Crippen molar-refractivity contribution in [1.29, 1.82) is 5.26 Å². The number of esters is 1. The van der Waals surface area contributed by atoms with Crippen LogP contribution in [-0.4, -0.2) is 33.8 Å². The predicted octanol–water partition coefficient (Wildman–Crippen LogP) is 1.77. The van der Waals surface area contributed by atoms with Crippen LogP contribution in [0.3, 0.4) is 0 Å². The number of benzene rings is 1. The monoisotopic (exact) mass is 382 g/mol. The number of nitrogens with one attached hydrogen (secondary N) is 1. The van der Waals surface area contributed by atoms with Crippen LogP contribution >= 0.6 is 0 Å². The van der Waals surface area contributed by atoms with Crippen molar-refractivity contribution >= 4 is 22.6 Å². The lowest BCUT2D eigenvalue weighted by molar-refractivity contribution is -0.125. The number of ether oxygens (including phenoxy) is 1. The largest absolute Gasteiger partial charge is 0.451 e. The zero-order valence-corrected chi connectivity index (χ0v) is 15.9. The van der Waals surface area contributed by atoms with E-state index < -0.39 is 24.0 Å². The summed E-state index contributed by atoms with van der Waals surface area (Å²) in [6.45, 7) is 3.41. The van der Waals surface area contributed by atoms with Gasteiger partial charge in [-0.3, -0.25) is 9.59 Å². The molecule has 1 aromatic carbocycles. The number of hydrogen-bond acceptors (Lipinski definition) is 6. The Morgan fingerprint density at radius 3 is 2.64 bits per heavy atom. The van der Waals surface area contributed by atoms with Gasteiger partial charge in [-0.05, 0) is 38.2 Å². The van der Waals surface area contributed by atoms with Gasteiger partial charge >= 0.3 is 5.97 Å². The third-order valence-electron chi connectivity index (χ3n) is 4.86. The summed E-state index contributed by atoms with van der Waals surface area (Å²) in [4.78, 5) is 37.2. The van der Waals surface area contributed by atoms with Gasteiger partial charge < -0.3 is 10.1 Å². The van der Waals surface area contributed by atoms with Gasteiger partial charge in [-0.1, -0.05) is 25.1 Å². The van der Waals surface area contributed by atoms with E-state index in [0.29, 0.717) is 23.7 Å². The summed E-state index contributed by atoms with van der Waals surface area (Å²) in [7, 11) is 0. The number of aryl methyl sites for hydroxylation is 1. The molecule has 3 rings (SSSR count). The molecule has 0 spiro atoms. The van der Waals surface area contributed by atoms with E-state index in [9.17, 15) is 19.6 Å². The van der Waals surface area contributed by atoms with Gasteiger partial charge in [-0.25, -0.2) is 9.48 Å². The van der Waals surface area contributed by atoms with Crippen LogP contribution in [0.4, 0.5) is 0 Å². The summed E-state index contributed by atoms with van der Waals surface area (Å²) in [5.74, 6) is -1.21. The highest BCUT2D eigenvalue weighted by Gasteiger charge is 2.43. The Kier molecular flexibility index (Phi) is 5.45. The second-order valence-electron chi connectivity index (χ2n) is 7.14. The lowest BCUT2D eigenvalue weighted by atomic mass is 9.98. The van der Waals surface area contributed by atoms with Gasteiger partial charge in [0.05, 0.1) is 11.5 Å². The quantitative estimate of drug-likeness (QED) is 0.730. The summed E-state index contributed by atoms with van der Waals surface area (Å²) < 4.78 is 6.36. The van der Waals surface area contributed by atoms with Crippen LogP contribution in [0.2, 0.25) is 0 Å². The van der Waals surface area contributed by atoms with E-state index >= 15 is 0 Å². The van der Waals surface area contributed by atoms with E-state index in [0.717, 1.165) is 12.8 Å². The molecule has 146 valence electrons. The van der Waals surface area contributed by atoms with Gasteiger partial charge in [-0.2, -0.15) is 10.4 Å². The Morgan fingerprint density at radius 1 is 1.36 bits per heavy atom. The SMILES string of the molecule is CCCn1nc(C(=O)OCC(=O)NC(C)(C#N)C2CC2)c2ccccc2c1=O. The molecule has 1 N–H and O–H groups in total. The van der Waals surface area contributed by atoms with Crippen LogP contribution in [0, 0.1) is 17.2 Å². The Hall–Kier alpha value is -3.21. The number of nitriles is 1. The van der Waals surface area contributed by atoms with E-state index in [4.69, 9.17) is 4.74 Å². The van der Waals surface area contributed by atoms with Crippen LogP contribution in [0.15, 0.2) is 29.1 Å². The van der Waals surface area contributed by atoms with Crippen molar-refractivity contribution in [2.45, 2.75) is 45.2 Å². The third kappa shape index (κ3) is 3.88. The first-order valence-electron chi connectivity index (χ1n) is 9.29. The molecule has 8 heteroatoms. The summed E-state index contributed by atoms with van der Waals surface area (Å²) in [5.41, 5.74) is -1.24. The molecular weight excluding hydrogens is 360 g/mol. The molecule has 1 amide bonds. The number of carbonyl (C=O) groups is 2. The van der Waals surface area contributed by atoms with E-state index in [1.54, 1.807) is 31.2 Å². The number of amides is 1. The number of nitrogens with zero attached hydrogens (tertiary/aromatic N) is 3. The average molecular weight is 382 g/mol. The maximum Gasteiger partial charge on any atom is 0.359 e. The molecule has 1 aliphatic rings. The first-order chi connectivity index (χ1) is 13.4. The van der Waals surface area contributed by atoms with Crippen molar-refractivity contribution in [3.05, 3.63) is 40.3 Å². The lowest BCUT2D eigenvalue weighted by Gasteiger charge is -2.22. The fraction of sp³-hybridized carbons (Fsp3) is 0.450. The summed E-state index contributed by atoms with van der Waals surface area (Å²) in [6, 6.07) is 8.78. The number of fused-ring (bicyclic) bond motifs is 1. The molecule has 1 fully saturated rings. The first-order valence-corrected chi connectivity index (χ1v) is 9.29. The Labute approximate surface area is 162 Å². The molecule has 1 heterocycles. The molecule has 8 nitrogen and oxygen atoms in total. The zero-order valence-electron chi connectivity index (χ0n) is 15.9. The fourth-order valence-corrected chi connectivity index (χ4v) is 3.16. The molecule has 1 aromatic heterocycles. The fourth-order valence-electron chi connectivity index (χ4n) is 3.16. The van der Waals surface area contributed by atoms with Gasteiger partial charge in [0.1, 0.15) is 5.54 Å². The minimum atomic E-state index is -0.956. The molecule has 0 bridgehead atoms. The maximum atomic E-state index is 12.6. The van der Waals surface area contributed by atoms with Crippen LogP contribution in [-0.2, 0) is 16.1 Å². The zero-order chi connectivity index (χ0) is 20.3. The number of rotatable bonds is 7. The van der Waals surface area contributed by atoms with Crippen molar-refractivity contribution in [3.8, 4) is 6.07 Å². The number of carbonyl (C=O) groups excluding carboxylic acids is 2. The molecular formula is C20H22N4O4. The molecule has 2 aromatic rings. The van der Waals surface area contributed by atoms with Gasteiger partial charge in [0.2, 0.25) is 0 Å². The summed E-state index contributed by atoms with van der Waals surface area (Å²) >= 11 is 0. The van der Waals surface area contributed by atoms with Gasteiger partial charge in [0, 0.05) is 11.9 Å². The van der Waals surface area contributed by atoms with Crippen molar-refractivity contribution in [1.82, 2.24) is 15.1 Å². The topological polar surface area (TPSA) is 114 Å². The van der Waals surface area contributed by atoms with Gasteiger partial charge in [0.15, 0.2) is 12.3 Å². The molecule has 1 atom stereocenters. The highest BCUT2D eigenvalue weighted by molar-refractivity contribution is 6.02. The van der Waals surface area contributed by atoms with E-state index in [2.05, 4.69) is 16.5 Å². The predicted molar refractivity (Wildman–Crippen MR) is 101 cm³/mol. The second kappa shape index (κ2) is 7.80. The number of hydrogen-bond donors (Lipinski definition) is 1. The Balaban J connectivity index is 1.78. The van der Waals surface area contributed by atoms with Crippen molar-refractivity contribution in [3.63, 3.8) is 0 Å². The lowest BCUT2D eigenvalue weighted by Crippen LogP contribution is -2.48. The highest BCUT2D eigenvalue weighted by Crippen LogP contribution is 2.39. The Bertz CT molecular complexity index is 1020. The standard InChI is InChI=1S/C20H22N4O4/c1-3-10-24-18(26)15-7-5-4-6-14(15)17(23-24)19(27)28-11-16(25)22-20(2,12-21)13-8-9-13/h4-7,13H,3,8-11H2,1-2H3,(H,22,25). The Morgan fingerprint density at radius 2 is 2.04 bits per heavy atom. The normalized spacial score (nSPS) is 15.5. The van der Waals surface area contributed by atoms with E-state index in [-0.39, 0.29) is 17.2 Å². The summed E-state index contributed by atoms with van der Waals surface area (Å²) in [6.07, 6.45) is 2.45. The minimum Gasteiger partial charge on any atom is -0.451 e. The average Bonchev–Trinajstić information content (AvgIpc) is 3.54. The summed E-state index contributed by atoms with van der Waals surface area (Å²) in [5, 5.41) is 16.8. The number of aromatic nitrogens is 2. The molecule has 0 radical (unpaired) electrons. The second-order valence-corrected chi connectivity index (χ2v) is 7.14. The van der Waals surface area contributed by atoms with Gasteiger partial charge in [-0.15, -0.1) is 0 Å². The third-order valence-corrected chi connectivity index (χ3v) is 4.86. The first kappa shape index (κ1) is 19.5. The minimum absolute atomic E-state index is 0.0123. The molecule has 0 saturated heterocycles. The smallest absolute Gasteiger partial charge is 0.359 e. The van der Waals surface area contributed by atoms with E-state index in [1.165, 1.54) is 4.68 Å². The highest BCUT2D eigenvalue weighted by atomic mass is 16.5. The molecule has 1 aliphatic carbocycles. The van der Waals surface area contributed by atoms with Crippen LogP contribution in [0.1, 0.15) is 43.6 Å². The maximum absolute atomic E-state index is 12.6. The van der Waals surface area contributed by atoms with Crippen LogP contribution < -0.4 is 10.9 Å².